The van der Waals surface area contributed by atoms with Gasteiger partial charge in [0.15, 0.2) is 0 Å². The van der Waals surface area contributed by atoms with Crippen LogP contribution in [-0.2, 0) is 6.54 Å². The number of alkyl halides is 1. The third-order valence-corrected chi connectivity index (χ3v) is 4.24. The largest absolute Gasteiger partial charge is 0.299 e. The van der Waals surface area contributed by atoms with Gasteiger partial charge in [-0.05, 0) is 37.6 Å². The van der Waals surface area contributed by atoms with E-state index < -0.39 is 0 Å². The van der Waals surface area contributed by atoms with Gasteiger partial charge in [-0.15, -0.1) is 11.6 Å². The molecule has 0 radical (unpaired) electrons. The molecule has 1 saturated heterocycles. The standard InChI is InChI=1S/C12H14Cl3N/c13-10-4-6-16(7-5-10)8-9-2-1-3-11(14)12(9)15/h1-3,10H,4-8H2. The van der Waals surface area contributed by atoms with Gasteiger partial charge in [-0.25, -0.2) is 0 Å². The fraction of sp³-hybridized carbons (Fsp3) is 0.500. The molecular weight excluding hydrogens is 264 g/mol. The molecule has 0 atom stereocenters. The van der Waals surface area contributed by atoms with Crippen molar-refractivity contribution < 1.29 is 0 Å². The van der Waals surface area contributed by atoms with Gasteiger partial charge in [-0.1, -0.05) is 35.3 Å². The fourth-order valence-corrected chi connectivity index (χ4v) is 2.55. The highest BCUT2D eigenvalue weighted by Gasteiger charge is 2.18. The molecule has 0 bridgehead atoms. The van der Waals surface area contributed by atoms with Crippen molar-refractivity contribution in [1.29, 1.82) is 0 Å². The van der Waals surface area contributed by atoms with Gasteiger partial charge >= 0.3 is 0 Å². The molecule has 0 unspecified atom stereocenters. The van der Waals surface area contributed by atoms with Crippen molar-refractivity contribution in [2.24, 2.45) is 0 Å². The lowest BCUT2D eigenvalue weighted by Crippen LogP contribution is -2.33. The van der Waals surface area contributed by atoms with Crippen LogP contribution in [0.25, 0.3) is 0 Å². The van der Waals surface area contributed by atoms with Gasteiger partial charge in [0.25, 0.3) is 0 Å². The predicted molar refractivity (Wildman–Crippen MR) is 70.6 cm³/mol. The maximum atomic E-state index is 6.16. The van der Waals surface area contributed by atoms with E-state index in [1.807, 2.05) is 18.2 Å². The average Bonchev–Trinajstić information content (AvgIpc) is 2.28. The molecule has 1 aliphatic heterocycles. The molecule has 0 aromatic heterocycles. The number of hydrogen-bond donors (Lipinski definition) is 0. The minimum Gasteiger partial charge on any atom is -0.299 e. The molecule has 1 heterocycles. The van der Waals surface area contributed by atoms with Gasteiger partial charge in [0, 0.05) is 11.9 Å². The second-order valence-corrected chi connectivity index (χ2v) is 5.57. The van der Waals surface area contributed by atoms with E-state index in [1.165, 1.54) is 0 Å². The summed E-state index contributed by atoms with van der Waals surface area (Å²) in [6.45, 7) is 2.94. The first kappa shape index (κ1) is 12.5. The molecule has 2 rings (SSSR count). The second kappa shape index (κ2) is 5.59. The van der Waals surface area contributed by atoms with Crippen LogP contribution in [0.3, 0.4) is 0 Å². The third kappa shape index (κ3) is 3.04. The molecule has 1 aromatic carbocycles. The number of rotatable bonds is 2. The summed E-state index contributed by atoms with van der Waals surface area (Å²) < 4.78 is 0. The van der Waals surface area contributed by atoms with Crippen molar-refractivity contribution in [2.75, 3.05) is 13.1 Å². The average molecular weight is 279 g/mol. The van der Waals surface area contributed by atoms with Gasteiger partial charge in [0.1, 0.15) is 0 Å². The Labute approximate surface area is 111 Å². The lowest BCUT2D eigenvalue weighted by molar-refractivity contribution is 0.223. The fourth-order valence-electron chi connectivity index (χ4n) is 1.97. The zero-order chi connectivity index (χ0) is 11.5. The molecule has 4 heteroatoms. The van der Waals surface area contributed by atoms with Gasteiger partial charge in [-0.3, -0.25) is 4.90 Å². The van der Waals surface area contributed by atoms with E-state index in [-0.39, 0.29) is 0 Å². The summed E-state index contributed by atoms with van der Waals surface area (Å²) >= 11 is 18.2. The Hall–Kier alpha value is 0.0500. The molecule has 1 fully saturated rings. The number of hydrogen-bond acceptors (Lipinski definition) is 1. The highest BCUT2D eigenvalue weighted by Crippen LogP contribution is 2.27. The topological polar surface area (TPSA) is 3.24 Å². The van der Waals surface area contributed by atoms with Gasteiger partial charge < -0.3 is 0 Å². The Balaban J connectivity index is 2.01. The Morgan fingerprint density at radius 2 is 1.88 bits per heavy atom. The van der Waals surface area contributed by atoms with Crippen molar-refractivity contribution in [2.45, 2.75) is 24.8 Å². The summed E-state index contributed by atoms with van der Waals surface area (Å²) in [4.78, 5) is 2.37. The second-order valence-electron chi connectivity index (χ2n) is 4.16. The maximum absolute atomic E-state index is 6.16. The smallest absolute Gasteiger partial charge is 0.0637 e. The summed E-state index contributed by atoms with van der Waals surface area (Å²) in [6, 6.07) is 5.79. The van der Waals surface area contributed by atoms with Crippen LogP contribution in [0.4, 0.5) is 0 Å². The Bertz CT molecular complexity index is 359. The van der Waals surface area contributed by atoms with Gasteiger partial charge in [-0.2, -0.15) is 0 Å². The molecule has 0 saturated carbocycles. The summed E-state index contributed by atoms with van der Waals surface area (Å²) in [5.41, 5.74) is 1.10. The van der Waals surface area contributed by atoms with Crippen molar-refractivity contribution >= 4 is 34.8 Å². The molecule has 1 aromatic rings. The van der Waals surface area contributed by atoms with E-state index in [0.29, 0.717) is 15.4 Å². The Morgan fingerprint density at radius 3 is 2.56 bits per heavy atom. The van der Waals surface area contributed by atoms with Crippen molar-refractivity contribution in [3.05, 3.63) is 33.8 Å². The van der Waals surface area contributed by atoms with Crippen LogP contribution in [0.5, 0.6) is 0 Å². The zero-order valence-electron chi connectivity index (χ0n) is 8.93. The molecule has 0 amide bonds. The Kier molecular flexibility index (Phi) is 4.37. The van der Waals surface area contributed by atoms with E-state index in [1.54, 1.807) is 0 Å². The first-order valence-corrected chi connectivity index (χ1v) is 6.65. The van der Waals surface area contributed by atoms with E-state index in [9.17, 15) is 0 Å². The molecule has 0 spiro atoms. The van der Waals surface area contributed by atoms with Crippen molar-refractivity contribution in [1.82, 2.24) is 4.90 Å². The molecule has 88 valence electrons. The molecule has 16 heavy (non-hydrogen) atoms. The molecule has 1 nitrogen and oxygen atoms in total. The summed E-state index contributed by atoms with van der Waals surface area (Å²) in [6.07, 6.45) is 2.11. The number of likely N-dealkylation sites (tertiary alicyclic amines) is 1. The van der Waals surface area contributed by atoms with E-state index >= 15 is 0 Å². The van der Waals surface area contributed by atoms with Crippen LogP contribution < -0.4 is 0 Å². The first-order valence-electron chi connectivity index (χ1n) is 5.46. The van der Waals surface area contributed by atoms with Crippen molar-refractivity contribution in [3.63, 3.8) is 0 Å². The van der Waals surface area contributed by atoms with Gasteiger partial charge in [0.2, 0.25) is 0 Å². The molecular formula is C12H14Cl3N. The minimum absolute atomic E-state index is 0.339. The van der Waals surface area contributed by atoms with Crippen LogP contribution >= 0.6 is 34.8 Å². The monoisotopic (exact) mass is 277 g/mol. The lowest BCUT2D eigenvalue weighted by atomic mass is 10.1. The third-order valence-electron chi connectivity index (χ3n) is 2.94. The van der Waals surface area contributed by atoms with Crippen molar-refractivity contribution in [3.8, 4) is 0 Å². The van der Waals surface area contributed by atoms with Gasteiger partial charge in [0.05, 0.1) is 10.0 Å². The minimum atomic E-state index is 0.339. The number of halogens is 3. The molecule has 0 N–H and O–H groups in total. The maximum Gasteiger partial charge on any atom is 0.0637 e. The number of piperidine rings is 1. The quantitative estimate of drug-likeness (QED) is 0.733. The Morgan fingerprint density at radius 1 is 1.19 bits per heavy atom. The van der Waals surface area contributed by atoms with Crippen LogP contribution in [0.1, 0.15) is 18.4 Å². The normalized spacial score (nSPS) is 18.9. The highest BCUT2D eigenvalue weighted by molar-refractivity contribution is 6.42. The van der Waals surface area contributed by atoms with E-state index in [2.05, 4.69) is 4.90 Å². The lowest BCUT2D eigenvalue weighted by Gasteiger charge is -2.29. The van der Waals surface area contributed by atoms with E-state index in [0.717, 1.165) is 38.0 Å². The summed E-state index contributed by atoms with van der Waals surface area (Å²) in [5.74, 6) is 0. The number of benzene rings is 1. The predicted octanol–water partition coefficient (Wildman–Crippen LogP) is 4.20. The SMILES string of the molecule is Clc1cccc(CN2CCC(Cl)CC2)c1Cl. The molecule has 0 aliphatic carbocycles. The summed E-state index contributed by atoms with van der Waals surface area (Å²) in [5, 5.41) is 1.65. The first-order chi connectivity index (χ1) is 7.66. The molecule has 1 aliphatic rings. The van der Waals surface area contributed by atoms with Crippen LogP contribution in [0, 0.1) is 0 Å². The highest BCUT2D eigenvalue weighted by atomic mass is 35.5. The van der Waals surface area contributed by atoms with Crippen LogP contribution in [0.2, 0.25) is 10.0 Å². The van der Waals surface area contributed by atoms with Crippen LogP contribution in [0.15, 0.2) is 18.2 Å². The van der Waals surface area contributed by atoms with Crippen LogP contribution in [-0.4, -0.2) is 23.4 Å². The zero-order valence-corrected chi connectivity index (χ0v) is 11.2. The summed E-state index contributed by atoms with van der Waals surface area (Å²) in [7, 11) is 0. The number of nitrogens with zero attached hydrogens (tertiary/aromatic N) is 1. The van der Waals surface area contributed by atoms with E-state index in [4.69, 9.17) is 34.8 Å².